The summed E-state index contributed by atoms with van der Waals surface area (Å²) in [6.45, 7) is 4.47. The number of methoxy groups -OCH3 is 1. The van der Waals surface area contributed by atoms with E-state index < -0.39 is 0 Å². The molecule has 18 heavy (non-hydrogen) atoms. The van der Waals surface area contributed by atoms with Gasteiger partial charge in [-0.25, -0.2) is 0 Å². The van der Waals surface area contributed by atoms with E-state index in [0.29, 0.717) is 5.92 Å². The summed E-state index contributed by atoms with van der Waals surface area (Å²) in [4.78, 5) is 0. The molecule has 2 N–H and O–H groups in total. The second kappa shape index (κ2) is 3.72. The summed E-state index contributed by atoms with van der Waals surface area (Å²) < 4.78 is 5.43. The number of hydrogen-bond acceptors (Lipinski definition) is 2. The topological polar surface area (TPSA) is 35.2 Å². The summed E-state index contributed by atoms with van der Waals surface area (Å²) in [5.74, 6) is 1.38. The van der Waals surface area contributed by atoms with E-state index >= 15 is 0 Å². The first-order valence-corrected chi connectivity index (χ1v) is 6.38. The number of hydrogen-bond donors (Lipinski definition) is 1. The molecular formula is C16H19NO. The van der Waals surface area contributed by atoms with Gasteiger partial charge in [0.05, 0.1) is 7.11 Å². The molecule has 0 amide bonds. The van der Waals surface area contributed by atoms with Gasteiger partial charge in [-0.15, -0.1) is 0 Å². The van der Waals surface area contributed by atoms with Gasteiger partial charge in [-0.05, 0) is 22.4 Å². The molecule has 1 fully saturated rings. The highest BCUT2D eigenvalue weighted by Gasteiger charge is 2.56. The normalized spacial score (nSPS) is 25.1. The average molecular weight is 241 g/mol. The van der Waals surface area contributed by atoms with Crippen molar-refractivity contribution in [2.24, 2.45) is 11.1 Å². The third-order valence-corrected chi connectivity index (χ3v) is 4.38. The van der Waals surface area contributed by atoms with Gasteiger partial charge in [0, 0.05) is 17.3 Å². The average Bonchev–Trinajstić information content (AvgIpc) is 2.87. The van der Waals surface area contributed by atoms with E-state index in [1.807, 2.05) is 6.07 Å². The van der Waals surface area contributed by atoms with Crippen LogP contribution < -0.4 is 10.5 Å². The molecule has 2 atom stereocenters. The van der Waals surface area contributed by atoms with Gasteiger partial charge in [-0.3, -0.25) is 0 Å². The predicted molar refractivity (Wildman–Crippen MR) is 75.0 cm³/mol. The minimum atomic E-state index is 0.206. The fourth-order valence-electron chi connectivity index (χ4n) is 3.02. The van der Waals surface area contributed by atoms with Crippen molar-refractivity contribution < 1.29 is 4.74 Å². The molecule has 2 aromatic carbocycles. The van der Waals surface area contributed by atoms with Crippen molar-refractivity contribution in [3.8, 4) is 5.75 Å². The van der Waals surface area contributed by atoms with Crippen LogP contribution in [0.1, 0.15) is 25.3 Å². The first-order chi connectivity index (χ1) is 8.57. The SMILES string of the molecule is COc1ccc([C@@H]2[C@@H](N)C2(C)C)c2ccccc12. The summed E-state index contributed by atoms with van der Waals surface area (Å²) in [5.41, 5.74) is 7.76. The zero-order chi connectivity index (χ0) is 12.9. The van der Waals surface area contributed by atoms with Crippen LogP contribution in [-0.4, -0.2) is 13.2 Å². The third-order valence-electron chi connectivity index (χ3n) is 4.38. The summed E-state index contributed by atoms with van der Waals surface area (Å²) >= 11 is 0. The molecule has 94 valence electrons. The Bertz CT molecular complexity index is 603. The zero-order valence-electron chi connectivity index (χ0n) is 11.1. The van der Waals surface area contributed by atoms with Crippen LogP contribution in [0.25, 0.3) is 10.8 Å². The summed E-state index contributed by atoms with van der Waals surface area (Å²) in [5, 5.41) is 2.44. The Hall–Kier alpha value is -1.54. The van der Waals surface area contributed by atoms with Gasteiger partial charge in [0.15, 0.2) is 0 Å². The molecule has 1 aliphatic carbocycles. The van der Waals surface area contributed by atoms with E-state index in [-0.39, 0.29) is 11.5 Å². The van der Waals surface area contributed by atoms with E-state index in [9.17, 15) is 0 Å². The Kier molecular flexibility index (Phi) is 2.39. The lowest BCUT2D eigenvalue weighted by Gasteiger charge is -2.11. The summed E-state index contributed by atoms with van der Waals surface area (Å²) in [7, 11) is 1.72. The highest BCUT2D eigenvalue weighted by molar-refractivity contribution is 5.92. The molecule has 0 bridgehead atoms. The van der Waals surface area contributed by atoms with Crippen LogP contribution in [0.3, 0.4) is 0 Å². The van der Waals surface area contributed by atoms with Crippen LogP contribution in [0.5, 0.6) is 5.75 Å². The van der Waals surface area contributed by atoms with Crippen molar-refractivity contribution >= 4 is 10.8 Å². The van der Waals surface area contributed by atoms with Crippen molar-refractivity contribution in [2.45, 2.75) is 25.8 Å². The van der Waals surface area contributed by atoms with E-state index in [0.717, 1.165) is 5.75 Å². The number of nitrogens with two attached hydrogens (primary N) is 1. The minimum Gasteiger partial charge on any atom is -0.496 e. The van der Waals surface area contributed by atoms with Gasteiger partial charge >= 0.3 is 0 Å². The van der Waals surface area contributed by atoms with Crippen LogP contribution in [-0.2, 0) is 0 Å². The smallest absolute Gasteiger partial charge is 0.126 e. The predicted octanol–water partition coefficient (Wildman–Crippen LogP) is 3.30. The van der Waals surface area contributed by atoms with Crippen molar-refractivity contribution in [1.29, 1.82) is 0 Å². The Morgan fingerprint density at radius 3 is 2.22 bits per heavy atom. The second-order valence-electron chi connectivity index (χ2n) is 5.73. The van der Waals surface area contributed by atoms with Crippen LogP contribution in [0.2, 0.25) is 0 Å². The molecular weight excluding hydrogens is 222 g/mol. The van der Waals surface area contributed by atoms with Crippen molar-refractivity contribution in [2.75, 3.05) is 7.11 Å². The maximum Gasteiger partial charge on any atom is 0.126 e. The monoisotopic (exact) mass is 241 g/mol. The maximum atomic E-state index is 6.21. The lowest BCUT2D eigenvalue weighted by Crippen LogP contribution is -2.06. The first-order valence-electron chi connectivity index (χ1n) is 6.38. The Morgan fingerprint density at radius 1 is 1.06 bits per heavy atom. The van der Waals surface area contributed by atoms with E-state index in [1.54, 1.807) is 7.11 Å². The van der Waals surface area contributed by atoms with Crippen LogP contribution in [0.15, 0.2) is 36.4 Å². The largest absolute Gasteiger partial charge is 0.496 e. The molecule has 3 rings (SSSR count). The van der Waals surface area contributed by atoms with Crippen LogP contribution in [0, 0.1) is 5.41 Å². The first kappa shape index (κ1) is 11.5. The van der Waals surface area contributed by atoms with E-state index in [2.05, 4.69) is 44.2 Å². The third kappa shape index (κ3) is 1.45. The van der Waals surface area contributed by atoms with Crippen LogP contribution in [0.4, 0.5) is 0 Å². The lowest BCUT2D eigenvalue weighted by atomic mass is 9.96. The molecule has 0 heterocycles. The summed E-state index contributed by atoms with van der Waals surface area (Å²) in [6.07, 6.45) is 0. The minimum absolute atomic E-state index is 0.206. The highest BCUT2D eigenvalue weighted by Crippen LogP contribution is 2.58. The molecule has 1 aliphatic rings. The second-order valence-corrected chi connectivity index (χ2v) is 5.73. The molecule has 0 unspecified atom stereocenters. The fraction of sp³-hybridized carbons (Fsp3) is 0.375. The van der Waals surface area contributed by atoms with Crippen molar-refractivity contribution in [1.82, 2.24) is 0 Å². The maximum absolute atomic E-state index is 6.21. The molecule has 0 spiro atoms. The van der Waals surface area contributed by atoms with Gasteiger partial charge in [0.2, 0.25) is 0 Å². The molecule has 0 aliphatic heterocycles. The molecule has 1 saturated carbocycles. The standard InChI is InChI=1S/C16H19NO/c1-16(2)14(15(16)17)12-8-9-13(18-3)11-7-5-4-6-10(11)12/h4-9,14-15H,17H2,1-3H3/t14-,15-/m1/s1. The van der Waals surface area contributed by atoms with E-state index in [1.165, 1.54) is 16.3 Å². The fourth-order valence-corrected chi connectivity index (χ4v) is 3.02. The number of rotatable bonds is 2. The molecule has 0 radical (unpaired) electrons. The molecule has 2 nitrogen and oxygen atoms in total. The van der Waals surface area contributed by atoms with Gasteiger partial charge < -0.3 is 10.5 Å². The van der Waals surface area contributed by atoms with Crippen LogP contribution >= 0.6 is 0 Å². The van der Waals surface area contributed by atoms with E-state index in [4.69, 9.17) is 10.5 Å². The van der Waals surface area contributed by atoms with Gasteiger partial charge in [0.1, 0.15) is 5.75 Å². The molecule has 2 aromatic rings. The Labute approximate surface area is 108 Å². The molecule has 0 aromatic heterocycles. The molecule has 2 heteroatoms. The van der Waals surface area contributed by atoms with Crippen molar-refractivity contribution in [3.05, 3.63) is 42.0 Å². The zero-order valence-corrected chi connectivity index (χ0v) is 11.1. The lowest BCUT2D eigenvalue weighted by molar-refractivity contribution is 0.419. The Morgan fingerprint density at radius 2 is 1.67 bits per heavy atom. The number of fused-ring (bicyclic) bond motifs is 1. The highest BCUT2D eigenvalue weighted by atomic mass is 16.5. The quantitative estimate of drug-likeness (QED) is 0.875. The molecule has 0 saturated heterocycles. The summed E-state index contributed by atoms with van der Waals surface area (Å²) in [6, 6.07) is 12.9. The van der Waals surface area contributed by atoms with Gasteiger partial charge in [-0.2, -0.15) is 0 Å². The number of benzene rings is 2. The van der Waals surface area contributed by atoms with Gasteiger partial charge in [-0.1, -0.05) is 44.2 Å². The van der Waals surface area contributed by atoms with Crippen molar-refractivity contribution in [3.63, 3.8) is 0 Å². The Balaban J connectivity index is 2.21. The number of ether oxygens (including phenoxy) is 1. The van der Waals surface area contributed by atoms with Gasteiger partial charge in [0.25, 0.3) is 0 Å².